The number of fused-ring (bicyclic) bond motifs is 5. The Balaban J connectivity index is 1.34. The number of rotatable bonds is 3. The van der Waals surface area contributed by atoms with Crippen LogP contribution in [0.3, 0.4) is 0 Å². The summed E-state index contributed by atoms with van der Waals surface area (Å²) in [6.07, 6.45) is -1.03. The van der Waals surface area contributed by atoms with Gasteiger partial charge in [0.2, 0.25) is 5.69 Å². The molecule has 4 nitrogen and oxygen atoms in total. The van der Waals surface area contributed by atoms with E-state index in [2.05, 4.69) is 172 Å². The van der Waals surface area contributed by atoms with E-state index in [9.17, 15) is 6.85 Å². The number of hydrogen-bond acceptors (Lipinski definition) is 3. The van der Waals surface area contributed by atoms with E-state index in [-0.39, 0.29) is 34.3 Å². The van der Waals surface area contributed by atoms with Crippen molar-refractivity contribution in [3.63, 3.8) is 0 Å². The van der Waals surface area contributed by atoms with Gasteiger partial charge in [-0.25, -0.2) is 4.90 Å². The molecule has 0 N–H and O–H groups in total. The number of pyridine rings is 1. The summed E-state index contributed by atoms with van der Waals surface area (Å²) in [5, 5.41) is 0. The third kappa shape index (κ3) is 5.76. The Morgan fingerprint density at radius 1 is 0.594 bits per heavy atom. The molecule has 5 heterocycles. The zero-order chi connectivity index (χ0) is 53.6. The second-order valence-corrected chi connectivity index (χ2v) is 22.2. The molecule has 4 heteroatoms. The molecule has 0 saturated heterocycles. The molecule has 4 aliphatic heterocycles. The normalized spacial score (nSPS) is 20.5. The van der Waals surface area contributed by atoms with Crippen molar-refractivity contribution in [1.82, 2.24) is 0 Å². The minimum absolute atomic E-state index is 0.173. The molecule has 0 saturated carbocycles. The van der Waals surface area contributed by atoms with Crippen molar-refractivity contribution in [2.75, 3.05) is 9.80 Å². The van der Waals surface area contributed by atoms with Crippen molar-refractivity contribution < 1.29 is 23.0 Å². The van der Waals surface area contributed by atoms with Crippen LogP contribution in [0.15, 0.2) is 133 Å². The fraction of sp³-hybridized carbons (Fsp3) is 0.317. The second kappa shape index (κ2) is 13.2. The molecule has 0 aliphatic carbocycles. The predicted molar refractivity (Wildman–Crippen MR) is 266 cm³/mol. The van der Waals surface area contributed by atoms with E-state index < -0.39 is 71.0 Å². The van der Waals surface area contributed by atoms with Gasteiger partial charge in [0.05, 0.1) is 30.9 Å². The first-order valence-electron chi connectivity index (χ1n) is 27.5. The second-order valence-electron chi connectivity index (χ2n) is 22.2. The van der Waals surface area contributed by atoms with E-state index in [1.165, 1.54) is 5.56 Å². The van der Waals surface area contributed by atoms with Crippen molar-refractivity contribution in [2.45, 2.75) is 124 Å². The lowest BCUT2D eigenvalue weighted by Crippen LogP contribution is -2.71. The molecule has 0 amide bonds. The van der Waals surface area contributed by atoms with Gasteiger partial charge >= 0.3 is 5.85 Å². The van der Waals surface area contributed by atoms with Crippen LogP contribution in [0.4, 0.5) is 17.1 Å². The highest BCUT2D eigenvalue weighted by molar-refractivity contribution is 6.03. The van der Waals surface area contributed by atoms with Crippen LogP contribution in [0.2, 0.25) is 0 Å². The lowest BCUT2D eigenvalue weighted by atomic mass is 9.77. The third-order valence-electron chi connectivity index (χ3n) is 13.7. The Bertz CT molecular complexity index is 3580. The maximum Gasteiger partial charge on any atom is 0.432 e. The topological polar surface area (TPSA) is 19.6 Å². The first kappa shape index (κ1) is 30.9. The van der Waals surface area contributed by atoms with Crippen molar-refractivity contribution in [3.05, 3.63) is 172 Å². The summed E-state index contributed by atoms with van der Waals surface area (Å²) in [7, 11) is 0. The van der Waals surface area contributed by atoms with Gasteiger partial charge < -0.3 is 9.64 Å². The van der Waals surface area contributed by atoms with Crippen LogP contribution in [0.5, 0.6) is 5.75 Å². The molecular formula is C60H62N3O+. The van der Waals surface area contributed by atoms with Crippen LogP contribution in [0.25, 0.3) is 44.6 Å². The smallest absolute Gasteiger partial charge is 0.410 e. The average Bonchev–Trinajstić information content (AvgIpc) is 3.81. The first-order chi connectivity index (χ1) is 34.3. The van der Waals surface area contributed by atoms with Crippen LogP contribution < -0.4 is 19.1 Å². The maximum atomic E-state index is 10.4. The molecule has 7 aromatic rings. The monoisotopic (exact) mass is 851 g/mol. The van der Waals surface area contributed by atoms with Gasteiger partial charge in [-0.1, -0.05) is 167 Å². The lowest BCUT2D eigenvalue weighted by Gasteiger charge is -2.49. The fourth-order valence-electron chi connectivity index (χ4n) is 10.2. The fourth-order valence-corrected chi connectivity index (χ4v) is 10.2. The summed E-state index contributed by atoms with van der Waals surface area (Å²) in [4.78, 5) is 4.68. The van der Waals surface area contributed by atoms with Crippen molar-refractivity contribution in [2.24, 2.45) is 0 Å². The Kier molecular flexibility index (Phi) is 6.38. The number of anilines is 3. The summed E-state index contributed by atoms with van der Waals surface area (Å²) in [6, 6.07) is 28.5. The Morgan fingerprint density at radius 2 is 1.27 bits per heavy atom. The van der Waals surface area contributed by atoms with Gasteiger partial charge in [0.1, 0.15) is 18.8 Å². The molecular weight excluding hydrogens is 779 g/mol. The van der Waals surface area contributed by atoms with E-state index in [0.29, 0.717) is 16.9 Å². The SMILES string of the molecule is [2H]c1c([2H])c(C([2H])([2H])[2H])c([2H])c([2H])c1-c1c([2H])c([2H])[n+]2c(c1[2H])-c1cc(C(C)(C)C)cc3c1C21Oc2c(cc(C(C)(C)C)cc2C(C)(C)C)C2N(c4ccc(C(C)(C)C)cc4-c4ccccc4)c4cccc-3c4N21. The van der Waals surface area contributed by atoms with Gasteiger partial charge in [-0.15, -0.1) is 4.57 Å². The summed E-state index contributed by atoms with van der Waals surface area (Å²) < 4.78 is 101. The van der Waals surface area contributed by atoms with E-state index in [4.69, 9.17) is 11.6 Å². The molecule has 2 atom stereocenters. The van der Waals surface area contributed by atoms with Crippen molar-refractivity contribution in [1.29, 1.82) is 0 Å². The average molecular weight is 851 g/mol. The highest BCUT2D eigenvalue weighted by Gasteiger charge is 2.70. The van der Waals surface area contributed by atoms with Gasteiger partial charge in [0.15, 0.2) is 6.17 Å². The van der Waals surface area contributed by atoms with E-state index >= 15 is 0 Å². The predicted octanol–water partition coefficient (Wildman–Crippen LogP) is 15.2. The summed E-state index contributed by atoms with van der Waals surface area (Å²) in [5.41, 5.74) is 10.3. The first-order valence-corrected chi connectivity index (χ1v) is 22.5. The molecule has 2 unspecified atom stereocenters. The minimum Gasteiger partial charge on any atom is -0.410 e. The molecule has 0 radical (unpaired) electrons. The van der Waals surface area contributed by atoms with Gasteiger partial charge in [-0.05, 0) is 98.3 Å². The van der Waals surface area contributed by atoms with Crippen LogP contribution in [0.1, 0.15) is 142 Å². The Hall–Kier alpha value is -6.13. The van der Waals surface area contributed by atoms with Gasteiger partial charge in [-0.2, -0.15) is 0 Å². The number of nitrogens with zero attached hydrogens (tertiary/aromatic N) is 3. The van der Waals surface area contributed by atoms with Crippen molar-refractivity contribution in [3.8, 4) is 50.4 Å². The maximum absolute atomic E-state index is 10.4. The van der Waals surface area contributed by atoms with Gasteiger partial charge in [0.25, 0.3) is 0 Å². The molecule has 1 aromatic heterocycles. The van der Waals surface area contributed by atoms with Crippen LogP contribution >= 0.6 is 0 Å². The van der Waals surface area contributed by atoms with Gasteiger partial charge in [0, 0.05) is 44.0 Å². The largest absolute Gasteiger partial charge is 0.432 e. The molecule has 1 spiro atoms. The molecule has 322 valence electrons. The number of para-hydroxylation sites is 1. The highest BCUT2D eigenvalue weighted by Crippen LogP contribution is 2.68. The summed E-state index contributed by atoms with van der Waals surface area (Å²) >= 11 is 0. The standard InChI is InChI=1S/C60H62N3O/c1-36-22-24-37(25-23-36)39-28-29-61-51(30-39)46-33-41(57(5,6)7)32-45-43-20-17-21-50-53(43)63-55(62(50)49-27-26-40(56(2,3)4)31-44(49)38-18-15-14-16-19-38)47-34-42(58(8,9)10)35-48(59(11,12)13)54(47)64-60(61,63)52(45)46/h14-35,55H,1-13H3/q+1/i1D3,22D,23D,24D,25D,28D,29D,30D. The summed E-state index contributed by atoms with van der Waals surface area (Å²) in [6.45, 7) is 23.2. The number of hydrogen-bond donors (Lipinski definition) is 0. The van der Waals surface area contributed by atoms with Crippen LogP contribution in [0, 0.1) is 6.85 Å². The van der Waals surface area contributed by atoms with Crippen molar-refractivity contribution >= 4 is 17.1 Å². The van der Waals surface area contributed by atoms with Crippen LogP contribution in [-0.2, 0) is 27.5 Å². The van der Waals surface area contributed by atoms with Crippen LogP contribution in [-0.4, -0.2) is 0 Å². The Labute approximate surface area is 395 Å². The zero-order valence-corrected chi connectivity index (χ0v) is 39.0. The lowest BCUT2D eigenvalue weighted by molar-refractivity contribution is -0.774. The molecule has 0 fully saturated rings. The van der Waals surface area contributed by atoms with E-state index in [1.807, 2.05) is 12.1 Å². The molecule has 11 rings (SSSR count). The quantitative estimate of drug-likeness (QED) is 0.165. The third-order valence-corrected chi connectivity index (χ3v) is 13.7. The molecule has 4 aliphatic rings. The zero-order valence-electron chi connectivity index (χ0n) is 49.0. The molecule has 64 heavy (non-hydrogen) atoms. The Morgan fingerprint density at radius 3 is 1.94 bits per heavy atom. The number of ether oxygens (including phenoxy) is 1. The molecule has 0 bridgehead atoms. The summed E-state index contributed by atoms with van der Waals surface area (Å²) in [5.74, 6) is -1.13. The minimum atomic E-state index is -2.97. The van der Waals surface area contributed by atoms with E-state index in [1.54, 1.807) is 4.57 Å². The number of aromatic nitrogens is 1. The number of benzene rings is 6. The molecule has 6 aromatic carbocycles. The highest BCUT2D eigenvalue weighted by atomic mass is 16.5. The van der Waals surface area contributed by atoms with Gasteiger partial charge in [-0.3, -0.25) is 0 Å². The van der Waals surface area contributed by atoms with E-state index in [0.717, 1.165) is 61.6 Å².